The fourth-order valence-corrected chi connectivity index (χ4v) is 4.51. The molecule has 1 aromatic rings. The van der Waals surface area contributed by atoms with Crippen molar-refractivity contribution in [2.24, 2.45) is 0 Å². The molecule has 0 spiro atoms. The summed E-state index contributed by atoms with van der Waals surface area (Å²) in [5.74, 6) is 0.461. The van der Waals surface area contributed by atoms with Gasteiger partial charge in [0.25, 0.3) is 0 Å². The van der Waals surface area contributed by atoms with Crippen LogP contribution in [0.15, 0.2) is 30.3 Å². The fraction of sp³-hybridized carbons (Fsp3) is 0.500. The molecule has 1 aliphatic rings. The zero-order valence-electron chi connectivity index (χ0n) is 11.6. The van der Waals surface area contributed by atoms with Crippen molar-refractivity contribution in [2.75, 3.05) is 18.1 Å². The number of hydrogen-bond acceptors (Lipinski definition) is 3. The molecule has 0 radical (unpaired) electrons. The summed E-state index contributed by atoms with van der Waals surface area (Å²) in [6, 6.07) is 9.98. The van der Waals surface area contributed by atoms with E-state index in [0.29, 0.717) is 18.1 Å². The Morgan fingerprint density at radius 3 is 2.65 bits per heavy atom. The minimum atomic E-state index is -2.91. The van der Waals surface area contributed by atoms with E-state index in [0.717, 1.165) is 12.1 Å². The van der Waals surface area contributed by atoms with Crippen LogP contribution in [0.1, 0.15) is 18.9 Å². The molecule has 1 aromatic carbocycles. The Balaban J connectivity index is 2.15. The highest BCUT2D eigenvalue weighted by Gasteiger charge is 2.33. The zero-order chi connectivity index (χ0) is 14.6. The van der Waals surface area contributed by atoms with Crippen molar-refractivity contribution in [3.63, 3.8) is 0 Å². The van der Waals surface area contributed by atoms with Gasteiger partial charge in [-0.2, -0.15) is 0 Å². The Kier molecular flexibility index (Phi) is 4.99. The van der Waals surface area contributed by atoms with Gasteiger partial charge in [0, 0.05) is 19.1 Å². The lowest BCUT2D eigenvalue weighted by atomic mass is 10.1. The molecule has 0 saturated carbocycles. The quantitative estimate of drug-likeness (QED) is 0.855. The van der Waals surface area contributed by atoms with Crippen LogP contribution >= 0.6 is 12.2 Å². The van der Waals surface area contributed by atoms with Gasteiger partial charge in [0.1, 0.15) is 0 Å². The second kappa shape index (κ2) is 6.54. The molecule has 1 fully saturated rings. The van der Waals surface area contributed by atoms with E-state index in [1.165, 1.54) is 0 Å². The van der Waals surface area contributed by atoms with E-state index in [1.807, 2.05) is 42.2 Å². The number of nitrogens with one attached hydrogen (secondary N) is 1. The molecule has 2 rings (SSSR count). The topological polar surface area (TPSA) is 49.4 Å². The van der Waals surface area contributed by atoms with Crippen molar-refractivity contribution >= 4 is 27.2 Å². The smallest absolute Gasteiger partial charge is 0.169 e. The molecule has 1 N–H and O–H groups in total. The van der Waals surface area contributed by atoms with E-state index in [4.69, 9.17) is 12.2 Å². The van der Waals surface area contributed by atoms with Crippen LogP contribution < -0.4 is 5.32 Å². The Labute approximate surface area is 126 Å². The van der Waals surface area contributed by atoms with Crippen LogP contribution in [0.5, 0.6) is 0 Å². The number of thiocarbonyl (C=S) groups is 1. The van der Waals surface area contributed by atoms with E-state index < -0.39 is 9.84 Å². The average molecular weight is 312 g/mol. The van der Waals surface area contributed by atoms with Crippen LogP contribution in [0.2, 0.25) is 0 Å². The molecule has 110 valence electrons. The summed E-state index contributed by atoms with van der Waals surface area (Å²) in [6.07, 6.45) is 0.653. The molecular weight excluding hydrogens is 292 g/mol. The van der Waals surface area contributed by atoms with E-state index in [-0.39, 0.29) is 17.5 Å². The van der Waals surface area contributed by atoms with Gasteiger partial charge < -0.3 is 10.2 Å². The summed E-state index contributed by atoms with van der Waals surface area (Å²) in [5.41, 5.74) is 1.14. The van der Waals surface area contributed by atoms with Gasteiger partial charge in [0.2, 0.25) is 0 Å². The van der Waals surface area contributed by atoms with Crippen molar-refractivity contribution in [2.45, 2.75) is 25.9 Å². The van der Waals surface area contributed by atoms with Gasteiger partial charge in [0.15, 0.2) is 14.9 Å². The second-order valence-electron chi connectivity index (χ2n) is 5.01. The van der Waals surface area contributed by atoms with Crippen molar-refractivity contribution < 1.29 is 8.42 Å². The van der Waals surface area contributed by atoms with Crippen molar-refractivity contribution in [1.82, 2.24) is 10.2 Å². The predicted octanol–water partition coefficient (Wildman–Crippen LogP) is 1.57. The summed E-state index contributed by atoms with van der Waals surface area (Å²) in [6.45, 7) is 3.37. The molecule has 0 bridgehead atoms. The molecule has 0 aliphatic carbocycles. The summed E-state index contributed by atoms with van der Waals surface area (Å²) >= 11 is 5.41. The number of hydrogen-bond donors (Lipinski definition) is 1. The number of sulfone groups is 1. The molecule has 0 aromatic heterocycles. The second-order valence-corrected chi connectivity index (χ2v) is 7.62. The first-order valence-corrected chi connectivity index (χ1v) is 9.03. The van der Waals surface area contributed by atoms with E-state index in [2.05, 4.69) is 5.32 Å². The average Bonchev–Trinajstić information content (AvgIpc) is 2.77. The molecule has 1 aliphatic heterocycles. The van der Waals surface area contributed by atoms with Crippen LogP contribution in [0.4, 0.5) is 0 Å². The third kappa shape index (κ3) is 3.93. The highest BCUT2D eigenvalue weighted by atomic mass is 32.2. The number of nitrogens with zero attached hydrogens (tertiary/aromatic N) is 1. The highest BCUT2D eigenvalue weighted by Crippen LogP contribution is 2.20. The SMILES string of the molecule is CCNC(=S)N(Cc1ccccc1)C1CCS(=O)(=O)C1. The molecule has 1 atom stereocenters. The maximum Gasteiger partial charge on any atom is 0.169 e. The lowest BCUT2D eigenvalue weighted by Crippen LogP contribution is -2.46. The van der Waals surface area contributed by atoms with Gasteiger partial charge in [-0.1, -0.05) is 30.3 Å². The number of benzene rings is 1. The summed E-state index contributed by atoms with van der Waals surface area (Å²) in [5, 5.41) is 3.77. The van der Waals surface area contributed by atoms with Crippen LogP contribution in [0.3, 0.4) is 0 Å². The maximum absolute atomic E-state index is 11.7. The van der Waals surface area contributed by atoms with Crippen molar-refractivity contribution in [1.29, 1.82) is 0 Å². The molecule has 1 saturated heterocycles. The molecular formula is C14H20N2O2S2. The van der Waals surface area contributed by atoms with Crippen molar-refractivity contribution in [3.8, 4) is 0 Å². The Bertz CT molecular complexity index is 558. The number of rotatable bonds is 4. The van der Waals surface area contributed by atoms with Crippen LogP contribution in [-0.4, -0.2) is 42.5 Å². The summed E-state index contributed by atoms with van der Waals surface area (Å²) in [4.78, 5) is 2.01. The first-order valence-electron chi connectivity index (χ1n) is 6.80. The van der Waals surface area contributed by atoms with Gasteiger partial charge in [-0.15, -0.1) is 0 Å². The van der Waals surface area contributed by atoms with Crippen LogP contribution in [0.25, 0.3) is 0 Å². The molecule has 1 heterocycles. The first-order chi connectivity index (χ1) is 9.52. The standard InChI is InChI=1S/C14H20N2O2S2/c1-2-15-14(19)16(10-12-6-4-3-5-7-12)13-8-9-20(17,18)11-13/h3-7,13H,2,8-11H2,1H3,(H,15,19). The summed E-state index contributed by atoms with van der Waals surface area (Å²) < 4.78 is 23.4. The van der Waals surface area contributed by atoms with Gasteiger partial charge in [0.05, 0.1) is 11.5 Å². The third-order valence-corrected chi connectivity index (χ3v) is 5.56. The van der Waals surface area contributed by atoms with E-state index in [1.54, 1.807) is 0 Å². The molecule has 6 heteroatoms. The Morgan fingerprint density at radius 2 is 2.10 bits per heavy atom. The normalized spacial score (nSPS) is 20.6. The minimum absolute atomic E-state index is 0.0215. The van der Waals surface area contributed by atoms with Crippen molar-refractivity contribution in [3.05, 3.63) is 35.9 Å². The minimum Gasteiger partial charge on any atom is -0.363 e. The monoisotopic (exact) mass is 312 g/mol. The van der Waals surface area contributed by atoms with Gasteiger partial charge in [-0.25, -0.2) is 8.42 Å². The highest BCUT2D eigenvalue weighted by molar-refractivity contribution is 7.91. The van der Waals surface area contributed by atoms with E-state index >= 15 is 0 Å². The van der Waals surface area contributed by atoms with Crippen LogP contribution in [-0.2, 0) is 16.4 Å². The third-order valence-electron chi connectivity index (χ3n) is 3.43. The Hall–Kier alpha value is -1.14. The van der Waals surface area contributed by atoms with Gasteiger partial charge in [-0.05, 0) is 31.1 Å². The van der Waals surface area contributed by atoms with Crippen LogP contribution in [0, 0.1) is 0 Å². The zero-order valence-corrected chi connectivity index (χ0v) is 13.2. The molecule has 4 nitrogen and oxygen atoms in total. The predicted molar refractivity (Wildman–Crippen MR) is 85.3 cm³/mol. The first kappa shape index (κ1) is 15.3. The lowest BCUT2D eigenvalue weighted by molar-refractivity contribution is 0.323. The fourth-order valence-electron chi connectivity index (χ4n) is 2.42. The maximum atomic E-state index is 11.7. The summed E-state index contributed by atoms with van der Waals surface area (Å²) in [7, 11) is -2.91. The largest absolute Gasteiger partial charge is 0.363 e. The van der Waals surface area contributed by atoms with E-state index in [9.17, 15) is 8.42 Å². The molecule has 20 heavy (non-hydrogen) atoms. The molecule has 1 unspecified atom stereocenters. The van der Waals surface area contributed by atoms with Gasteiger partial charge in [-0.3, -0.25) is 0 Å². The Morgan fingerprint density at radius 1 is 1.40 bits per heavy atom. The van der Waals surface area contributed by atoms with Gasteiger partial charge >= 0.3 is 0 Å². The molecule has 0 amide bonds. The lowest BCUT2D eigenvalue weighted by Gasteiger charge is -2.31.